The molecule has 0 aliphatic rings. The molecule has 0 aliphatic heterocycles. The summed E-state index contributed by atoms with van der Waals surface area (Å²) in [7, 11) is 0. The van der Waals surface area contributed by atoms with Crippen molar-refractivity contribution in [1.82, 2.24) is 9.97 Å². The summed E-state index contributed by atoms with van der Waals surface area (Å²) in [6.45, 7) is 0.296. The topological polar surface area (TPSA) is 66.9 Å². The maximum Gasteiger partial charge on any atom is 0.278 e. The van der Waals surface area contributed by atoms with Gasteiger partial charge in [-0.3, -0.25) is 4.79 Å². The number of nitrogens with one attached hydrogen (secondary N) is 2. The number of nitrogens with zero attached hydrogens (tertiary/aromatic N) is 2. The van der Waals surface area contributed by atoms with Crippen molar-refractivity contribution in [3.63, 3.8) is 0 Å². The first-order valence-corrected chi connectivity index (χ1v) is 7.58. The molecule has 1 heterocycles. The number of hydrogen-bond acceptors (Lipinski definition) is 4. The van der Waals surface area contributed by atoms with Crippen LogP contribution in [-0.4, -0.2) is 15.9 Å². The smallest absolute Gasteiger partial charge is 0.278 e. The maximum absolute atomic E-state index is 13.3. The number of rotatable bonds is 5. The largest absolute Gasteiger partial charge is 0.364 e. The molecule has 5 nitrogen and oxygen atoms in total. The van der Waals surface area contributed by atoms with Crippen LogP contribution in [0.2, 0.25) is 0 Å². The molecule has 1 aromatic heterocycles. The van der Waals surface area contributed by atoms with E-state index in [0.717, 1.165) is 17.7 Å². The summed E-state index contributed by atoms with van der Waals surface area (Å²) in [5.74, 6) is -2.86. The molecule has 0 saturated carbocycles. The first-order chi connectivity index (χ1) is 12.5. The lowest BCUT2D eigenvalue weighted by molar-refractivity contribution is 0.102. The van der Waals surface area contributed by atoms with E-state index in [4.69, 9.17) is 0 Å². The number of benzene rings is 2. The molecule has 2 aromatic carbocycles. The highest BCUT2D eigenvalue weighted by atomic mass is 19.2. The summed E-state index contributed by atoms with van der Waals surface area (Å²) >= 11 is 0. The third kappa shape index (κ3) is 4.15. The third-order valence-corrected chi connectivity index (χ3v) is 3.46. The van der Waals surface area contributed by atoms with Crippen LogP contribution in [-0.2, 0) is 6.54 Å². The minimum atomic E-state index is -1.07. The molecule has 0 atom stereocenters. The number of hydrogen-bond donors (Lipinski definition) is 2. The number of amides is 1. The Labute approximate surface area is 146 Å². The molecule has 0 radical (unpaired) electrons. The maximum atomic E-state index is 13.3. The number of anilines is 2. The summed E-state index contributed by atoms with van der Waals surface area (Å²) in [6.07, 6.45) is 2.74. The van der Waals surface area contributed by atoms with Crippen molar-refractivity contribution in [2.75, 3.05) is 10.6 Å². The quantitative estimate of drug-likeness (QED) is 0.729. The first kappa shape index (κ1) is 17.4. The van der Waals surface area contributed by atoms with Crippen LogP contribution in [0.25, 0.3) is 0 Å². The molecule has 8 heteroatoms. The van der Waals surface area contributed by atoms with E-state index in [1.54, 1.807) is 12.1 Å². The van der Waals surface area contributed by atoms with E-state index in [-0.39, 0.29) is 23.0 Å². The normalized spacial score (nSPS) is 10.4. The van der Waals surface area contributed by atoms with Crippen molar-refractivity contribution in [1.29, 1.82) is 0 Å². The highest BCUT2D eigenvalue weighted by Crippen LogP contribution is 2.16. The Morgan fingerprint density at radius 2 is 1.65 bits per heavy atom. The standard InChI is InChI=1S/C18H13F3N4O/c19-12-3-1-11(2-4-12)10-24-17-16(22-7-8-23-17)18(26)25-13-5-6-14(20)15(21)9-13/h1-9H,10H2,(H,23,24)(H,25,26). The fourth-order valence-corrected chi connectivity index (χ4v) is 2.19. The van der Waals surface area contributed by atoms with Gasteiger partial charge in [-0.15, -0.1) is 0 Å². The van der Waals surface area contributed by atoms with Crippen molar-refractivity contribution in [3.8, 4) is 0 Å². The van der Waals surface area contributed by atoms with Crippen molar-refractivity contribution in [2.45, 2.75) is 6.54 Å². The Hall–Kier alpha value is -3.42. The lowest BCUT2D eigenvalue weighted by Crippen LogP contribution is -2.17. The molecule has 2 N–H and O–H groups in total. The van der Waals surface area contributed by atoms with Gasteiger partial charge in [0, 0.05) is 30.7 Å². The van der Waals surface area contributed by atoms with Gasteiger partial charge in [0.05, 0.1) is 0 Å². The van der Waals surface area contributed by atoms with Crippen LogP contribution in [0.3, 0.4) is 0 Å². The molecular weight excluding hydrogens is 345 g/mol. The van der Waals surface area contributed by atoms with E-state index in [2.05, 4.69) is 20.6 Å². The summed E-state index contributed by atoms with van der Waals surface area (Å²) in [5.41, 5.74) is 0.854. The van der Waals surface area contributed by atoms with Crippen LogP contribution >= 0.6 is 0 Å². The molecule has 0 fully saturated rings. The second kappa shape index (κ2) is 7.64. The van der Waals surface area contributed by atoms with E-state index < -0.39 is 17.5 Å². The Morgan fingerprint density at radius 3 is 2.38 bits per heavy atom. The van der Waals surface area contributed by atoms with Gasteiger partial charge in [0.15, 0.2) is 23.1 Å². The van der Waals surface area contributed by atoms with Gasteiger partial charge in [-0.1, -0.05) is 12.1 Å². The lowest BCUT2D eigenvalue weighted by Gasteiger charge is -2.10. The highest BCUT2D eigenvalue weighted by Gasteiger charge is 2.15. The van der Waals surface area contributed by atoms with E-state index >= 15 is 0 Å². The first-order valence-electron chi connectivity index (χ1n) is 7.58. The molecule has 1 amide bonds. The molecule has 3 rings (SSSR count). The van der Waals surface area contributed by atoms with Crippen molar-refractivity contribution in [3.05, 3.63) is 83.6 Å². The van der Waals surface area contributed by atoms with Gasteiger partial charge in [-0.25, -0.2) is 23.1 Å². The molecule has 0 aliphatic carbocycles. The third-order valence-electron chi connectivity index (χ3n) is 3.46. The summed E-state index contributed by atoms with van der Waals surface area (Å²) in [5, 5.41) is 5.38. The SMILES string of the molecule is O=C(Nc1ccc(F)c(F)c1)c1nccnc1NCc1ccc(F)cc1. The monoisotopic (exact) mass is 358 g/mol. The molecule has 0 saturated heterocycles. The van der Waals surface area contributed by atoms with E-state index in [1.165, 1.54) is 30.6 Å². The van der Waals surface area contributed by atoms with Crippen LogP contribution in [0.1, 0.15) is 16.1 Å². The Balaban J connectivity index is 1.74. The number of carbonyl (C=O) groups excluding carboxylic acids is 1. The molecule has 26 heavy (non-hydrogen) atoms. The summed E-state index contributed by atoms with van der Waals surface area (Å²) in [6, 6.07) is 8.86. The molecule has 0 spiro atoms. The van der Waals surface area contributed by atoms with Gasteiger partial charge in [0.1, 0.15) is 5.82 Å². The molecule has 0 unspecified atom stereocenters. The van der Waals surface area contributed by atoms with Crippen LogP contribution in [0, 0.1) is 17.5 Å². The zero-order valence-electron chi connectivity index (χ0n) is 13.3. The van der Waals surface area contributed by atoms with Gasteiger partial charge in [0.2, 0.25) is 0 Å². The predicted molar refractivity (Wildman–Crippen MR) is 90.1 cm³/mol. The van der Waals surface area contributed by atoms with Gasteiger partial charge in [-0.05, 0) is 29.8 Å². The fourth-order valence-electron chi connectivity index (χ4n) is 2.19. The predicted octanol–water partition coefficient (Wildman–Crippen LogP) is 3.76. The van der Waals surface area contributed by atoms with Gasteiger partial charge >= 0.3 is 0 Å². The molecule has 0 bridgehead atoms. The highest BCUT2D eigenvalue weighted by molar-refractivity contribution is 6.05. The lowest BCUT2D eigenvalue weighted by atomic mass is 10.2. The van der Waals surface area contributed by atoms with Crippen molar-refractivity contribution in [2.24, 2.45) is 0 Å². The zero-order valence-corrected chi connectivity index (χ0v) is 13.3. The Morgan fingerprint density at radius 1 is 0.923 bits per heavy atom. The van der Waals surface area contributed by atoms with E-state index in [0.29, 0.717) is 6.54 Å². The number of carbonyl (C=O) groups is 1. The second-order valence-electron chi connectivity index (χ2n) is 5.32. The summed E-state index contributed by atoms with van der Waals surface area (Å²) < 4.78 is 39.2. The van der Waals surface area contributed by atoms with Gasteiger partial charge in [0.25, 0.3) is 5.91 Å². The Kier molecular flexibility index (Phi) is 5.12. The van der Waals surface area contributed by atoms with Gasteiger partial charge < -0.3 is 10.6 Å². The van der Waals surface area contributed by atoms with Crippen molar-refractivity contribution < 1.29 is 18.0 Å². The average molecular weight is 358 g/mol. The van der Waals surface area contributed by atoms with Gasteiger partial charge in [-0.2, -0.15) is 0 Å². The molecular formula is C18H13F3N4O. The fraction of sp³-hybridized carbons (Fsp3) is 0.0556. The summed E-state index contributed by atoms with van der Waals surface area (Å²) in [4.78, 5) is 20.4. The minimum absolute atomic E-state index is 0.0145. The molecule has 3 aromatic rings. The second-order valence-corrected chi connectivity index (χ2v) is 5.32. The Bertz CT molecular complexity index is 932. The number of aromatic nitrogens is 2. The van der Waals surface area contributed by atoms with Crippen molar-refractivity contribution >= 4 is 17.4 Å². The van der Waals surface area contributed by atoms with Crippen LogP contribution < -0.4 is 10.6 Å². The van der Waals surface area contributed by atoms with E-state index in [9.17, 15) is 18.0 Å². The average Bonchev–Trinajstić information content (AvgIpc) is 2.64. The minimum Gasteiger partial charge on any atom is -0.364 e. The van der Waals surface area contributed by atoms with Crippen LogP contribution in [0.15, 0.2) is 54.9 Å². The molecule has 132 valence electrons. The number of halogens is 3. The van der Waals surface area contributed by atoms with Crippen LogP contribution in [0.4, 0.5) is 24.7 Å². The van der Waals surface area contributed by atoms with Crippen LogP contribution in [0.5, 0.6) is 0 Å². The van der Waals surface area contributed by atoms with E-state index in [1.807, 2.05) is 0 Å². The zero-order chi connectivity index (χ0) is 18.5.